The van der Waals surface area contributed by atoms with Crippen LogP contribution < -0.4 is 21.9 Å². The standard InChI is InChI=1S/C25H28N4O3S/c26-23-22(24(31)27-25(32)29(23)17-19-10-5-2-6-11-19)28(14-13-18-8-3-1-4-9-18)21(30)16-20-12-7-15-33-20/h2,5-8,10-12,15H,1,3-4,9,13-14,16-17,26H2,(H,27,31,32). The number of nitrogen functional groups attached to an aromatic ring is 1. The van der Waals surface area contributed by atoms with Gasteiger partial charge in [-0.05, 0) is 49.1 Å². The molecule has 0 saturated carbocycles. The fraction of sp³-hybridized carbons (Fsp3) is 0.320. The number of thiophene rings is 1. The van der Waals surface area contributed by atoms with Gasteiger partial charge in [0.2, 0.25) is 5.91 Å². The van der Waals surface area contributed by atoms with Crippen molar-refractivity contribution in [1.29, 1.82) is 0 Å². The summed E-state index contributed by atoms with van der Waals surface area (Å²) in [7, 11) is 0. The Labute approximate surface area is 196 Å². The maximum Gasteiger partial charge on any atom is 0.330 e. The molecule has 172 valence electrons. The molecule has 1 amide bonds. The summed E-state index contributed by atoms with van der Waals surface area (Å²) in [4.78, 5) is 43.6. The number of amides is 1. The molecule has 1 aromatic carbocycles. The van der Waals surface area contributed by atoms with E-state index < -0.39 is 11.2 Å². The summed E-state index contributed by atoms with van der Waals surface area (Å²) in [6.45, 7) is 0.542. The molecule has 8 heteroatoms. The molecular weight excluding hydrogens is 436 g/mol. The largest absolute Gasteiger partial charge is 0.383 e. The molecule has 0 fully saturated rings. The summed E-state index contributed by atoms with van der Waals surface area (Å²) in [5.41, 5.74) is 7.37. The molecule has 3 aromatic rings. The van der Waals surface area contributed by atoms with Crippen LogP contribution in [0.15, 0.2) is 69.1 Å². The molecule has 0 unspecified atom stereocenters. The van der Waals surface area contributed by atoms with Gasteiger partial charge in [0.05, 0.1) is 13.0 Å². The number of rotatable bonds is 8. The van der Waals surface area contributed by atoms with Crippen molar-refractivity contribution in [3.63, 3.8) is 0 Å². The minimum Gasteiger partial charge on any atom is -0.383 e. The second-order valence-corrected chi connectivity index (χ2v) is 9.26. The summed E-state index contributed by atoms with van der Waals surface area (Å²) in [5.74, 6) is -0.208. The lowest BCUT2D eigenvalue weighted by atomic mass is 9.97. The van der Waals surface area contributed by atoms with E-state index in [0.29, 0.717) is 13.0 Å². The predicted octanol–water partition coefficient (Wildman–Crippen LogP) is 3.69. The van der Waals surface area contributed by atoms with Crippen molar-refractivity contribution in [2.45, 2.75) is 45.1 Å². The number of aromatic nitrogens is 2. The van der Waals surface area contributed by atoms with Crippen molar-refractivity contribution >= 4 is 28.7 Å². The Balaban J connectivity index is 1.70. The molecule has 0 aliphatic heterocycles. The molecular formula is C25H28N4O3S. The Morgan fingerprint density at radius 1 is 1.12 bits per heavy atom. The van der Waals surface area contributed by atoms with E-state index in [0.717, 1.165) is 29.7 Å². The average molecular weight is 465 g/mol. The molecule has 0 spiro atoms. The summed E-state index contributed by atoms with van der Waals surface area (Å²) in [5, 5.41) is 1.92. The van der Waals surface area contributed by atoms with Gasteiger partial charge >= 0.3 is 5.69 Å². The minimum atomic E-state index is -0.640. The molecule has 2 aromatic heterocycles. The summed E-state index contributed by atoms with van der Waals surface area (Å²) in [6.07, 6.45) is 7.45. The smallest absolute Gasteiger partial charge is 0.330 e. The molecule has 2 heterocycles. The second-order valence-electron chi connectivity index (χ2n) is 8.22. The van der Waals surface area contributed by atoms with E-state index >= 15 is 0 Å². The van der Waals surface area contributed by atoms with Crippen molar-refractivity contribution in [3.05, 3.63) is 90.8 Å². The van der Waals surface area contributed by atoms with Crippen molar-refractivity contribution < 1.29 is 4.79 Å². The topological polar surface area (TPSA) is 101 Å². The van der Waals surface area contributed by atoms with Crippen LogP contribution in [0.2, 0.25) is 0 Å². The summed E-state index contributed by atoms with van der Waals surface area (Å²) < 4.78 is 1.32. The fourth-order valence-electron chi connectivity index (χ4n) is 4.17. The lowest BCUT2D eigenvalue weighted by molar-refractivity contribution is -0.117. The lowest BCUT2D eigenvalue weighted by Crippen LogP contribution is -2.42. The first-order valence-corrected chi connectivity index (χ1v) is 12.1. The number of benzene rings is 1. The van der Waals surface area contributed by atoms with Gasteiger partial charge in [-0.3, -0.25) is 19.1 Å². The third kappa shape index (κ3) is 5.51. The summed E-state index contributed by atoms with van der Waals surface area (Å²) >= 11 is 1.49. The van der Waals surface area contributed by atoms with E-state index in [1.54, 1.807) is 0 Å². The Morgan fingerprint density at radius 2 is 1.94 bits per heavy atom. The van der Waals surface area contributed by atoms with Crippen LogP contribution >= 0.6 is 11.3 Å². The third-order valence-electron chi connectivity index (χ3n) is 5.92. The van der Waals surface area contributed by atoms with Gasteiger partial charge < -0.3 is 10.6 Å². The van der Waals surface area contributed by atoms with Crippen molar-refractivity contribution in [1.82, 2.24) is 9.55 Å². The molecule has 1 aliphatic rings. The number of nitrogens with two attached hydrogens (primary N) is 1. The highest BCUT2D eigenvalue weighted by atomic mass is 32.1. The van der Waals surface area contributed by atoms with Gasteiger partial charge in [-0.1, -0.05) is 48.0 Å². The number of hydrogen-bond acceptors (Lipinski definition) is 5. The second kappa shape index (κ2) is 10.5. The van der Waals surface area contributed by atoms with Crippen LogP contribution in [0.5, 0.6) is 0 Å². The quantitative estimate of drug-likeness (QED) is 0.497. The first-order chi connectivity index (χ1) is 16.0. The van der Waals surface area contributed by atoms with E-state index in [2.05, 4.69) is 11.1 Å². The molecule has 1 aliphatic carbocycles. The van der Waals surface area contributed by atoms with Crippen LogP contribution in [0.25, 0.3) is 0 Å². The van der Waals surface area contributed by atoms with Gasteiger partial charge in [0.15, 0.2) is 5.69 Å². The molecule has 0 atom stereocenters. The Kier molecular flexibility index (Phi) is 7.24. The number of carbonyl (C=O) groups excluding carboxylic acids is 1. The number of aromatic amines is 1. The number of nitrogens with one attached hydrogen (secondary N) is 1. The number of hydrogen-bond donors (Lipinski definition) is 2. The van der Waals surface area contributed by atoms with Crippen LogP contribution in [-0.4, -0.2) is 22.0 Å². The molecule has 0 saturated heterocycles. The monoisotopic (exact) mass is 464 g/mol. The number of H-pyrrole nitrogens is 1. The van der Waals surface area contributed by atoms with Gasteiger partial charge in [-0.15, -0.1) is 11.3 Å². The van der Waals surface area contributed by atoms with Crippen LogP contribution in [0.3, 0.4) is 0 Å². The first kappa shape index (κ1) is 22.8. The van der Waals surface area contributed by atoms with Crippen LogP contribution in [0, 0.1) is 0 Å². The molecule has 7 nitrogen and oxygen atoms in total. The van der Waals surface area contributed by atoms with Crippen LogP contribution in [-0.2, 0) is 17.8 Å². The zero-order valence-corrected chi connectivity index (χ0v) is 19.3. The molecule has 3 N–H and O–H groups in total. The van der Waals surface area contributed by atoms with Crippen LogP contribution in [0.4, 0.5) is 11.5 Å². The highest BCUT2D eigenvalue weighted by Gasteiger charge is 2.25. The third-order valence-corrected chi connectivity index (χ3v) is 6.79. The van der Waals surface area contributed by atoms with Crippen molar-refractivity contribution in [2.75, 3.05) is 17.2 Å². The first-order valence-electron chi connectivity index (χ1n) is 11.2. The number of anilines is 2. The zero-order chi connectivity index (χ0) is 23.2. The average Bonchev–Trinajstić information content (AvgIpc) is 3.33. The van der Waals surface area contributed by atoms with Gasteiger partial charge in [-0.25, -0.2) is 4.79 Å². The number of carbonyl (C=O) groups is 1. The molecule has 33 heavy (non-hydrogen) atoms. The van der Waals surface area contributed by atoms with Gasteiger partial charge in [0.1, 0.15) is 5.82 Å². The molecule has 4 rings (SSSR count). The molecule has 0 bridgehead atoms. The van der Waals surface area contributed by atoms with E-state index in [1.165, 1.54) is 32.8 Å². The number of allylic oxidation sites excluding steroid dienone is 1. The lowest BCUT2D eigenvalue weighted by Gasteiger charge is -2.25. The van der Waals surface area contributed by atoms with Crippen molar-refractivity contribution in [2.24, 2.45) is 0 Å². The van der Waals surface area contributed by atoms with Gasteiger partial charge in [0.25, 0.3) is 5.56 Å². The van der Waals surface area contributed by atoms with Gasteiger partial charge in [-0.2, -0.15) is 0 Å². The fourth-order valence-corrected chi connectivity index (χ4v) is 4.86. The van der Waals surface area contributed by atoms with Crippen molar-refractivity contribution in [3.8, 4) is 0 Å². The Bertz CT molecular complexity index is 1240. The van der Waals surface area contributed by atoms with Crippen LogP contribution in [0.1, 0.15) is 42.5 Å². The SMILES string of the molecule is Nc1c(N(CCC2=CCCCC2)C(=O)Cc2cccs2)c(=O)[nH]c(=O)n1Cc1ccccc1. The maximum atomic E-state index is 13.4. The van der Waals surface area contributed by atoms with E-state index in [1.807, 2.05) is 47.8 Å². The van der Waals surface area contributed by atoms with E-state index in [-0.39, 0.29) is 30.4 Å². The minimum absolute atomic E-state index is 0.00440. The predicted molar refractivity (Wildman–Crippen MR) is 133 cm³/mol. The zero-order valence-electron chi connectivity index (χ0n) is 18.5. The number of nitrogens with zero attached hydrogens (tertiary/aromatic N) is 2. The maximum absolute atomic E-state index is 13.4. The highest BCUT2D eigenvalue weighted by Crippen LogP contribution is 2.24. The normalized spacial score (nSPS) is 13.5. The highest BCUT2D eigenvalue weighted by molar-refractivity contribution is 7.10. The Hall–Kier alpha value is -3.39. The van der Waals surface area contributed by atoms with E-state index in [9.17, 15) is 14.4 Å². The molecule has 0 radical (unpaired) electrons. The summed E-state index contributed by atoms with van der Waals surface area (Å²) in [6, 6.07) is 13.2. The Morgan fingerprint density at radius 3 is 2.64 bits per heavy atom. The van der Waals surface area contributed by atoms with E-state index in [4.69, 9.17) is 5.73 Å². The van der Waals surface area contributed by atoms with Gasteiger partial charge in [0, 0.05) is 11.4 Å².